The van der Waals surface area contributed by atoms with Crippen LogP contribution in [0.15, 0.2) is 65.1 Å². The number of aryl methyl sites for hydroxylation is 1. The Morgan fingerprint density at radius 1 is 1.17 bits per heavy atom. The van der Waals surface area contributed by atoms with Gasteiger partial charge in [-0.15, -0.1) is 11.3 Å². The lowest BCUT2D eigenvalue weighted by Gasteiger charge is -2.11. The van der Waals surface area contributed by atoms with Gasteiger partial charge in [0.25, 0.3) is 5.91 Å². The SMILES string of the molecule is CCc1cc(C(=O)NN=Cc2ccccc2OCc2cccc(C(F)(F)F)c2)cs1. The van der Waals surface area contributed by atoms with Crippen molar-refractivity contribution in [3.05, 3.63) is 87.1 Å². The Labute approximate surface area is 176 Å². The van der Waals surface area contributed by atoms with E-state index in [9.17, 15) is 18.0 Å². The van der Waals surface area contributed by atoms with Crippen molar-refractivity contribution in [3.8, 4) is 5.75 Å². The topological polar surface area (TPSA) is 50.7 Å². The van der Waals surface area contributed by atoms with Gasteiger partial charge in [-0.3, -0.25) is 4.79 Å². The van der Waals surface area contributed by atoms with E-state index in [1.54, 1.807) is 35.7 Å². The third-order valence-corrected chi connectivity index (χ3v) is 5.28. The minimum atomic E-state index is -4.40. The van der Waals surface area contributed by atoms with E-state index in [0.717, 1.165) is 23.4 Å². The Hall–Kier alpha value is -3.13. The van der Waals surface area contributed by atoms with Crippen LogP contribution in [0.3, 0.4) is 0 Å². The number of carbonyl (C=O) groups excluding carboxylic acids is 1. The van der Waals surface area contributed by atoms with Crippen LogP contribution in [0, 0.1) is 0 Å². The quantitative estimate of drug-likeness (QED) is 0.386. The minimum absolute atomic E-state index is 0.0319. The highest BCUT2D eigenvalue weighted by atomic mass is 32.1. The third-order valence-electron chi connectivity index (χ3n) is 4.20. The number of rotatable bonds is 7. The molecule has 0 aliphatic rings. The highest BCUT2D eigenvalue weighted by Crippen LogP contribution is 2.30. The molecule has 0 saturated carbocycles. The Morgan fingerprint density at radius 2 is 1.97 bits per heavy atom. The number of carbonyl (C=O) groups is 1. The Morgan fingerprint density at radius 3 is 2.70 bits per heavy atom. The molecular weight excluding hydrogens is 413 g/mol. The number of para-hydroxylation sites is 1. The highest BCUT2D eigenvalue weighted by molar-refractivity contribution is 7.10. The number of nitrogens with zero attached hydrogens (tertiary/aromatic N) is 1. The number of hydrogen-bond acceptors (Lipinski definition) is 4. The van der Waals surface area contributed by atoms with Crippen molar-refractivity contribution in [2.24, 2.45) is 5.10 Å². The first-order valence-electron chi connectivity index (χ1n) is 9.15. The molecule has 1 aromatic heterocycles. The van der Waals surface area contributed by atoms with Crippen LogP contribution >= 0.6 is 11.3 Å². The maximum absolute atomic E-state index is 12.9. The van der Waals surface area contributed by atoms with Crippen molar-refractivity contribution in [1.29, 1.82) is 0 Å². The number of amides is 1. The van der Waals surface area contributed by atoms with Gasteiger partial charge < -0.3 is 4.74 Å². The van der Waals surface area contributed by atoms with E-state index in [2.05, 4.69) is 10.5 Å². The number of nitrogens with one attached hydrogen (secondary N) is 1. The Bertz CT molecular complexity index is 1040. The molecule has 0 atom stereocenters. The van der Waals surface area contributed by atoms with E-state index in [1.807, 2.05) is 13.0 Å². The van der Waals surface area contributed by atoms with Gasteiger partial charge in [-0.2, -0.15) is 18.3 Å². The molecule has 0 radical (unpaired) electrons. The number of thiophene rings is 1. The van der Waals surface area contributed by atoms with Crippen LogP contribution in [0.2, 0.25) is 0 Å². The number of ether oxygens (including phenoxy) is 1. The zero-order valence-corrected chi connectivity index (χ0v) is 16.9. The number of benzene rings is 2. The molecule has 1 amide bonds. The summed E-state index contributed by atoms with van der Waals surface area (Å²) in [6, 6.07) is 13.7. The number of hydrogen-bond donors (Lipinski definition) is 1. The van der Waals surface area contributed by atoms with Crippen molar-refractivity contribution in [2.45, 2.75) is 26.1 Å². The van der Waals surface area contributed by atoms with E-state index in [0.29, 0.717) is 22.4 Å². The van der Waals surface area contributed by atoms with Crippen LogP contribution in [-0.2, 0) is 19.2 Å². The van der Waals surface area contributed by atoms with Crippen molar-refractivity contribution in [1.82, 2.24) is 5.43 Å². The Balaban J connectivity index is 1.64. The van der Waals surface area contributed by atoms with Gasteiger partial charge in [-0.1, -0.05) is 31.2 Å². The summed E-state index contributed by atoms with van der Waals surface area (Å²) < 4.78 is 44.2. The summed E-state index contributed by atoms with van der Waals surface area (Å²) in [6.07, 6.45) is -2.11. The first-order chi connectivity index (χ1) is 14.4. The maximum atomic E-state index is 12.9. The van der Waals surface area contributed by atoms with E-state index in [-0.39, 0.29) is 12.5 Å². The molecule has 3 aromatic rings. The predicted octanol–water partition coefficient (Wildman–Crippen LogP) is 5.67. The number of alkyl halides is 3. The second-order valence-electron chi connectivity index (χ2n) is 6.38. The van der Waals surface area contributed by atoms with Gasteiger partial charge in [0.05, 0.1) is 17.3 Å². The van der Waals surface area contributed by atoms with Gasteiger partial charge in [-0.25, -0.2) is 5.43 Å². The monoisotopic (exact) mass is 432 g/mol. The summed E-state index contributed by atoms with van der Waals surface area (Å²) in [5.74, 6) is 0.126. The lowest BCUT2D eigenvalue weighted by molar-refractivity contribution is -0.137. The van der Waals surface area contributed by atoms with Gasteiger partial charge >= 0.3 is 6.18 Å². The number of hydrazone groups is 1. The van der Waals surface area contributed by atoms with Crippen molar-refractivity contribution in [3.63, 3.8) is 0 Å². The van der Waals surface area contributed by atoms with Crippen LogP contribution in [0.1, 0.15) is 38.8 Å². The molecule has 3 rings (SSSR count). The van der Waals surface area contributed by atoms with Gasteiger partial charge in [0.15, 0.2) is 0 Å². The molecule has 0 bridgehead atoms. The normalized spacial score (nSPS) is 11.6. The van der Waals surface area contributed by atoms with Crippen LogP contribution in [-0.4, -0.2) is 12.1 Å². The molecule has 8 heteroatoms. The van der Waals surface area contributed by atoms with E-state index < -0.39 is 11.7 Å². The number of halogens is 3. The molecule has 0 saturated heterocycles. The van der Waals surface area contributed by atoms with Crippen molar-refractivity contribution < 1.29 is 22.7 Å². The van der Waals surface area contributed by atoms with Crippen molar-refractivity contribution in [2.75, 3.05) is 0 Å². The average Bonchev–Trinajstić information content (AvgIpc) is 3.22. The summed E-state index contributed by atoms with van der Waals surface area (Å²) in [4.78, 5) is 13.2. The van der Waals surface area contributed by atoms with Crippen LogP contribution in [0.4, 0.5) is 13.2 Å². The third kappa shape index (κ3) is 5.70. The van der Waals surface area contributed by atoms with Gasteiger partial charge in [0.2, 0.25) is 0 Å². The first kappa shape index (κ1) is 21.6. The molecule has 4 nitrogen and oxygen atoms in total. The summed E-state index contributed by atoms with van der Waals surface area (Å²) in [5.41, 5.74) is 3.27. The van der Waals surface area contributed by atoms with E-state index >= 15 is 0 Å². The van der Waals surface area contributed by atoms with Gasteiger partial charge in [-0.05, 0) is 42.3 Å². The molecule has 1 N–H and O–H groups in total. The molecule has 0 unspecified atom stereocenters. The molecule has 0 spiro atoms. The Kier molecular flexibility index (Phi) is 6.89. The summed E-state index contributed by atoms with van der Waals surface area (Å²) in [5, 5.41) is 5.74. The van der Waals surface area contributed by atoms with Gasteiger partial charge in [0, 0.05) is 15.8 Å². The molecule has 0 aliphatic heterocycles. The molecule has 2 aromatic carbocycles. The molecule has 0 aliphatic carbocycles. The standard InChI is InChI=1S/C22H19F3N2O2S/c1-2-19-11-17(14-30-19)21(28)27-26-12-16-7-3-4-9-20(16)29-13-15-6-5-8-18(10-15)22(23,24)25/h3-12,14H,2,13H2,1H3,(H,27,28). The molecule has 0 fully saturated rings. The maximum Gasteiger partial charge on any atom is 0.416 e. The highest BCUT2D eigenvalue weighted by Gasteiger charge is 2.30. The fourth-order valence-corrected chi connectivity index (χ4v) is 3.44. The summed E-state index contributed by atoms with van der Waals surface area (Å²) in [7, 11) is 0. The van der Waals surface area contributed by atoms with Crippen LogP contribution in [0.25, 0.3) is 0 Å². The zero-order valence-electron chi connectivity index (χ0n) is 16.1. The van der Waals surface area contributed by atoms with Crippen LogP contribution < -0.4 is 10.2 Å². The predicted molar refractivity (Wildman–Crippen MR) is 111 cm³/mol. The second-order valence-corrected chi connectivity index (χ2v) is 7.37. The zero-order chi connectivity index (χ0) is 21.6. The lowest BCUT2D eigenvalue weighted by Crippen LogP contribution is -2.16. The van der Waals surface area contributed by atoms with E-state index in [4.69, 9.17) is 4.74 Å². The van der Waals surface area contributed by atoms with Crippen molar-refractivity contribution >= 4 is 23.5 Å². The fraction of sp³-hybridized carbons (Fsp3) is 0.182. The van der Waals surface area contributed by atoms with Gasteiger partial charge in [0.1, 0.15) is 12.4 Å². The lowest BCUT2D eigenvalue weighted by atomic mass is 10.1. The largest absolute Gasteiger partial charge is 0.488 e. The summed E-state index contributed by atoms with van der Waals surface area (Å²) in [6.45, 7) is 1.98. The second kappa shape index (κ2) is 9.58. The fourth-order valence-electron chi connectivity index (χ4n) is 2.63. The minimum Gasteiger partial charge on any atom is -0.488 e. The molecule has 156 valence electrons. The van der Waals surface area contributed by atoms with E-state index in [1.165, 1.54) is 23.6 Å². The molecule has 1 heterocycles. The summed E-state index contributed by atoms with van der Waals surface area (Å²) >= 11 is 1.51. The van der Waals surface area contributed by atoms with Crippen LogP contribution in [0.5, 0.6) is 5.75 Å². The average molecular weight is 432 g/mol. The molecule has 30 heavy (non-hydrogen) atoms. The molecular formula is C22H19F3N2O2S. The first-order valence-corrected chi connectivity index (χ1v) is 10.0. The smallest absolute Gasteiger partial charge is 0.416 e.